The SMILES string of the molecule is Nc1c(C(=O)NC2CCCCC2)nsc1C(=O)N(CC(=O)NC1CCCC1)c1cccc(C(F)(F)F)c1. The molecule has 2 fully saturated rings. The van der Waals surface area contributed by atoms with Crippen LogP contribution in [0.25, 0.3) is 0 Å². The van der Waals surface area contributed by atoms with Gasteiger partial charge in [0.2, 0.25) is 5.91 Å². The summed E-state index contributed by atoms with van der Waals surface area (Å²) in [5.74, 6) is -1.78. The molecule has 0 aliphatic heterocycles. The van der Waals surface area contributed by atoms with Crippen LogP contribution in [0.5, 0.6) is 0 Å². The van der Waals surface area contributed by atoms with Crippen LogP contribution < -0.4 is 21.3 Å². The van der Waals surface area contributed by atoms with Crippen molar-refractivity contribution in [2.24, 2.45) is 0 Å². The Kier molecular flexibility index (Phi) is 8.35. The maximum atomic E-state index is 13.5. The van der Waals surface area contributed by atoms with Gasteiger partial charge in [-0.2, -0.15) is 17.5 Å². The average Bonchev–Trinajstić information content (AvgIpc) is 3.52. The number of halogens is 3. The second-order valence-corrected chi connectivity index (χ2v) is 10.3. The molecule has 8 nitrogen and oxygen atoms in total. The Morgan fingerprint density at radius 1 is 1.00 bits per heavy atom. The second-order valence-electron chi connectivity index (χ2n) is 9.57. The first-order valence-electron chi connectivity index (χ1n) is 12.5. The quantitative estimate of drug-likeness (QED) is 0.480. The third-order valence-corrected chi connectivity index (χ3v) is 7.68. The molecule has 1 aromatic heterocycles. The molecule has 2 aliphatic rings. The van der Waals surface area contributed by atoms with E-state index in [9.17, 15) is 27.6 Å². The van der Waals surface area contributed by atoms with Crippen LogP contribution in [0, 0.1) is 0 Å². The normalized spacial score (nSPS) is 16.9. The molecule has 4 rings (SSSR count). The van der Waals surface area contributed by atoms with Crippen molar-refractivity contribution in [2.75, 3.05) is 17.2 Å². The average molecular weight is 538 g/mol. The maximum Gasteiger partial charge on any atom is 0.416 e. The summed E-state index contributed by atoms with van der Waals surface area (Å²) in [6.45, 7) is -0.502. The van der Waals surface area contributed by atoms with Crippen LogP contribution in [-0.4, -0.2) is 40.7 Å². The second kappa shape index (κ2) is 11.5. The number of amides is 3. The van der Waals surface area contributed by atoms with Gasteiger partial charge in [0.15, 0.2) is 5.69 Å². The molecule has 2 saturated carbocycles. The Labute approximate surface area is 216 Å². The highest BCUT2D eigenvalue weighted by atomic mass is 32.1. The molecule has 0 unspecified atom stereocenters. The summed E-state index contributed by atoms with van der Waals surface area (Å²) in [7, 11) is 0. The molecule has 0 saturated heterocycles. The number of nitrogens with one attached hydrogen (secondary N) is 2. The Hall–Kier alpha value is -3.15. The lowest BCUT2D eigenvalue weighted by Gasteiger charge is -2.24. The number of aromatic nitrogens is 1. The molecule has 200 valence electrons. The van der Waals surface area contributed by atoms with Gasteiger partial charge in [-0.25, -0.2) is 0 Å². The lowest BCUT2D eigenvalue weighted by atomic mass is 9.95. The van der Waals surface area contributed by atoms with Gasteiger partial charge in [0.1, 0.15) is 11.4 Å². The van der Waals surface area contributed by atoms with E-state index >= 15 is 0 Å². The highest BCUT2D eigenvalue weighted by Gasteiger charge is 2.33. The number of nitrogens with zero attached hydrogens (tertiary/aromatic N) is 2. The number of benzene rings is 1. The lowest BCUT2D eigenvalue weighted by Crippen LogP contribution is -2.43. The van der Waals surface area contributed by atoms with Crippen LogP contribution in [0.2, 0.25) is 0 Å². The first-order valence-corrected chi connectivity index (χ1v) is 13.3. The van der Waals surface area contributed by atoms with Gasteiger partial charge in [0, 0.05) is 17.8 Å². The molecule has 1 heterocycles. The van der Waals surface area contributed by atoms with E-state index in [0.29, 0.717) is 11.5 Å². The van der Waals surface area contributed by atoms with Gasteiger partial charge in [-0.1, -0.05) is 38.2 Å². The Balaban J connectivity index is 1.58. The molecule has 0 bridgehead atoms. The molecule has 3 amide bonds. The number of hydrogen-bond donors (Lipinski definition) is 3. The topological polar surface area (TPSA) is 117 Å². The lowest BCUT2D eigenvalue weighted by molar-refractivity contribution is -0.137. The van der Waals surface area contributed by atoms with Crippen LogP contribution in [0.3, 0.4) is 0 Å². The zero-order chi connectivity index (χ0) is 26.6. The number of carbonyl (C=O) groups is 3. The Morgan fingerprint density at radius 3 is 2.27 bits per heavy atom. The van der Waals surface area contributed by atoms with E-state index in [-0.39, 0.29) is 34.0 Å². The van der Waals surface area contributed by atoms with Crippen LogP contribution >= 0.6 is 11.5 Å². The van der Waals surface area contributed by atoms with E-state index in [1.54, 1.807) is 0 Å². The molecule has 2 aliphatic carbocycles. The Bertz CT molecular complexity index is 1140. The van der Waals surface area contributed by atoms with Gasteiger partial charge in [-0.15, -0.1) is 0 Å². The highest BCUT2D eigenvalue weighted by molar-refractivity contribution is 7.09. The summed E-state index contributed by atoms with van der Waals surface area (Å²) in [6, 6.07) is 4.17. The zero-order valence-corrected chi connectivity index (χ0v) is 21.1. The van der Waals surface area contributed by atoms with Gasteiger partial charge in [0.25, 0.3) is 11.8 Å². The largest absolute Gasteiger partial charge is 0.416 e. The Morgan fingerprint density at radius 2 is 1.62 bits per heavy atom. The van der Waals surface area contributed by atoms with E-state index in [2.05, 4.69) is 15.0 Å². The minimum atomic E-state index is -4.63. The number of rotatable bonds is 7. The van der Waals surface area contributed by atoms with Crippen LogP contribution in [0.4, 0.5) is 24.5 Å². The molecule has 37 heavy (non-hydrogen) atoms. The van der Waals surface area contributed by atoms with Gasteiger partial charge in [-0.05, 0) is 55.4 Å². The molecule has 0 atom stereocenters. The van der Waals surface area contributed by atoms with Crippen LogP contribution in [-0.2, 0) is 11.0 Å². The fourth-order valence-electron chi connectivity index (χ4n) is 4.86. The minimum Gasteiger partial charge on any atom is -0.395 e. The van der Waals surface area contributed by atoms with Crippen molar-refractivity contribution in [1.82, 2.24) is 15.0 Å². The molecule has 2 aromatic rings. The van der Waals surface area contributed by atoms with Gasteiger partial charge in [0.05, 0.1) is 11.3 Å². The highest BCUT2D eigenvalue weighted by Crippen LogP contribution is 2.33. The molecule has 12 heteroatoms. The molecule has 4 N–H and O–H groups in total. The van der Waals surface area contributed by atoms with Crippen molar-refractivity contribution < 1.29 is 27.6 Å². The predicted octanol–water partition coefficient (Wildman–Crippen LogP) is 4.51. The molecular weight excluding hydrogens is 507 g/mol. The van der Waals surface area contributed by atoms with Crippen molar-refractivity contribution >= 4 is 40.6 Å². The van der Waals surface area contributed by atoms with Crippen molar-refractivity contribution in [3.05, 3.63) is 40.4 Å². The summed E-state index contributed by atoms with van der Waals surface area (Å²) >= 11 is 0.686. The minimum absolute atomic E-state index is 0.00221. The van der Waals surface area contributed by atoms with E-state index < -0.39 is 36.0 Å². The third-order valence-electron chi connectivity index (χ3n) is 6.83. The van der Waals surface area contributed by atoms with E-state index in [4.69, 9.17) is 5.73 Å². The van der Waals surface area contributed by atoms with Crippen molar-refractivity contribution in [3.8, 4) is 0 Å². The number of anilines is 2. The molecular formula is C25H30F3N5O3S. The standard InChI is InChI=1S/C25H30F3N5O3S/c26-25(27,28)15-7-6-12-18(13-15)33(14-19(34)30-16-10-4-5-11-16)24(36)22-20(29)21(32-37-22)23(35)31-17-8-2-1-3-9-17/h6-7,12-13,16-17H,1-5,8-11,14,29H2,(H,30,34)(H,31,35). The fourth-order valence-corrected chi connectivity index (χ4v) is 5.60. The number of hydrogen-bond acceptors (Lipinski definition) is 6. The summed E-state index contributed by atoms with van der Waals surface area (Å²) in [5, 5.41) is 5.75. The fraction of sp³-hybridized carbons (Fsp3) is 0.520. The number of carbonyl (C=O) groups excluding carboxylic acids is 3. The van der Waals surface area contributed by atoms with E-state index in [1.165, 1.54) is 12.1 Å². The number of nitrogen functional groups attached to an aromatic ring is 1. The monoisotopic (exact) mass is 537 g/mol. The van der Waals surface area contributed by atoms with E-state index in [1.807, 2.05) is 0 Å². The molecule has 1 aromatic carbocycles. The summed E-state index contributed by atoms with van der Waals surface area (Å²) in [5.41, 5.74) is 4.83. The first-order chi connectivity index (χ1) is 17.6. The summed E-state index contributed by atoms with van der Waals surface area (Å²) < 4.78 is 44.2. The smallest absolute Gasteiger partial charge is 0.395 e. The van der Waals surface area contributed by atoms with Gasteiger partial charge >= 0.3 is 6.18 Å². The number of alkyl halides is 3. The van der Waals surface area contributed by atoms with Crippen molar-refractivity contribution in [1.29, 1.82) is 0 Å². The predicted molar refractivity (Wildman–Crippen MR) is 134 cm³/mol. The zero-order valence-electron chi connectivity index (χ0n) is 20.3. The molecule has 0 spiro atoms. The van der Waals surface area contributed by atoms with Gasteiger partial charge in [-0.3, -0.25) is 19.3 Å². The van der Waals surface area contributed by atoms with Crippen molar-refractivity contribution in [3.63, 3.8) is 0 Å². The number of nitrogens with two attached hydrogens (primary N) is 1. The molecule has 0 radical (unpaired) electrons. The van der Waals surface area contributed by atoms with Crippen LogP contribution in [0.1, 0.15) is 83.5 Å². The summed E-state index contributed by atoms with van der Waals surface area (Å²) in [4.78, 5) is 39.9. The third kappa shape index (κ3) is 6.60. The van der Waals surface area contributed by atoms with Crippen molar-refractivity contribution in [2.45, 2.75) is 76.0 Å². The van der Waals surface area contributed by atoms with Crippen LogP contribution in [0.15, 0.2) is 24.3 Å². The summed E-state index contributed by atoms with van der Waals surface area (Å²) in [6.07, 6.45) is 3.77. The first kappa shape index (κ1) is 26.9. The maximum absolute atomic E-state index is 13.5. The van der Waals surface area contributed by atoms with E-state index in [0.717, 1.165) is 74.8 Å². The van der Waals surface area contributed by atoms with Gasteiger partial charge < -0.3 is 16.4 Å².